The molecule has 112 valence electrons. The van der Waals surface area contributed by atoms with E-state index in [9.17, 15) is 0 Å². The first kappa shape index (κ1) is 15.7. The van der Waals surface area contributed by atoms with E-state index in [1.165, 1.54) is 0 Å². The Morgan fingerprint density at radius 1 is 1.05 bits per heavy atom. The minimum atomic E-state index is 0.0874. The van der Waals surface area contributed by atoms with Crippen LogP contribution in [0.4, 0.5) is 0 Å². The zero-order chi connectivity index (χ0) is 15.1. The minimum absolute atomic E-state index is 0.0874. The number of nitrogens with one attached hydrogen (secondary N) is 1. The molecule has 1 N–H and O–H groups in total. The summed E-state index contributed by atoms with van der Waals surface area (Å²) in [5, 5.41) is 3.93. The summed E-state index contributed by atoms with van der Waals surface area (Å²) in [6, 6.07) is 15.5. The van der Waals surface area contributed by atoms with Gasteiger partial charge in [0.2, 0.25) is 0 Å². The summed E-state index contributed by atoms with van der Waals surface area (Å²) in [6.07, 6.45) is 0. The van der Waals surface area contributed by atoms with Gasteiger partial charge in [-0.2, -0.15) is 0 Å². The van der Waals surface area contributed by atoms with Gasteiger partial charge in [-0.1, -0.05) is 29.8 Å². The molecular weight excluding hydrogens is 286 g/mol. The highest BCUT2D eigenvalue weighted by Crippen LogP contribution is 2.22. The molecule has 2 aromatic carbocycles. The van der Waals surface area contributed by atoms with Gasteiger partial charge in [-0.15, -0.1) is 0 Å². The fourth-order valence-corrected chi connectivity index (χ4v) is 2.25. The van der Waals surface area contributed by atoms with Gasteiger partial charge in [0.25, 0.3) is 0 Å². The van der Waals surface area contributed by atoms with Crippen LogP contribution in [0.3, 0.4) is 0 Å². The molecule has 0 fully saturated rings. The van der Waals surface area contributed by atoms with Crippen molar-refractivity contribution in [1.82, 2.24) is 5.32 Å². The summed E-state index contributed by atoms with van der Waals surface area (Å²) in [5.74, 6) is 1.64. The molecule has 0 aliphatic carbocycles. The third-order valence-electron chi connectivity index (χ3n) is 3.13. The molecule has 1 unspecified atom stereocenters. The van der Waals surface area contributed by atoms with E-state index < -0.39 is 0 Å². The summed E-state index contributed by atoms with van der Waals surface area (Å²) < 4.78 is 11.3. The van der Waals surface area contributed by atoms with Crippen LogP contribution in [-0.4, -0.2) is 20.3 Å². The second-order valence-electron chi connectivity index (χ2n) is 4.62. The predicted molar refractivity (Wildman–Crippen MR) is 86.4 cm³/mol. The van der Waals surface area contributed by atoms with Gasteiger partial charge in [-0.25, -0.2) is 0 Å². The molecule has 0 saturated carbocycles. The highest BCUT2D eigenvalue weighted by atomic mass is 35.5. The lowest BCUT2D eigenvalue weighted by Crippen LogP contribution is -2.23. The molecule has 0 aromatic heterocycles. The van der Waals surface area contributed by atoms with E-state index in [0.29, 0.717) is 18.2 Å². The number of rotatable bonds is 7. The number of hydrogen-bond acceptors (Lipinski definition) is 3. The van der Waals surface area contributed by atoms with Crippen LogP contribution in [0.5, 0.6) is 11.5 Å². The van der Waals surface area contributed by atoms with Gasteiger partial charge in [0.15, 0.2) is 0 Å². The lowest BCUT2D eigenvalue weighted by atomic mass is 10.1. The number of halogens is 1. The molecule has 2 aromatic rings. The fraction of sp³-hybridized carbons (Fsp3) is 0.294. The van der Waals surface area contributed by atoms with E-state index >= 15 is 0 Å². The molecule has 21 heavy (non-hydrogen) atoms. The van der Waals surface area contributed by atoms with Crippen molar-refractivity contribution in [2.75, 3.05) is 20.3 Å². The van der Waals surface area contributed by atoms with Crippen LogP contribution in [-0.2, 0) is 0 Å². The van der Waals surface area contributed by atoms with Crippen molar-refractivity contribution < 1.29 is 9.47 Å². The third kappa shape index (κ3) is 4.66. The summed E-state index contributed by atoms with van der Waals surface area (Å²) in [4.78, 5) is 0. The van der Waals surface area contributed by atoms with Gasteiger partial charge in [0.05, 0.1) is 12.6 Å². The topological polar surface area (TPSA) is 30.5 Å². The number of likely N-dealkylation sites (N-methyl/N-ethyl adjacent to an activating group) is 1. The van der Waals surface area contributed by atoms with Crippen LogP contribution in [0.15, 0.2) is 48.5 Å². The average molecular weight is 306 g/mol. The van der Waals surface area contributed by atoms with Crippen LogP contribution in [0.1, 0.15) is 18.5 Å². The largest absolute Gasteiger partial charge is 0.494 e. The summed E-state index contributed by atoms with van der Waals surface area (Å²) in [7, 11) is 1.92. The first-order valence-electron chi connectivity index (χ1n) is 7.01. The Morgan fingerprint density at radius 3 is 2.43 bits per heavy atom. The second-order valence-corrected chi connectivity index (χ2v) is 5.05. The molecule has 4 heteroatoms. The Balaban J connectivity index is 2.04. The Bertz CT molecular complexity index is 574. The van der Waals surface area contributed by atoms with E-state index in [0.717, 1.165) is 17.1 Å². The first-order chi connectivity index (χ1) is 10.2. The van der Waals surface area contributed by atoms with Crippen molar-refractivity contribution in [2.45, 2.75) is 13.0 Å². The molecule has 2 rings (SSSR count). The minimum Gasteiger partial charge on any atom is -0.494 e. The fourth-order valence-electron chi connectivity index (χ4n) is 2.07. The summed E-state index contributed by atoms with van der Waals surface area (Å²) >= 11 is 5.95. The monoisotopic (exact) mass is 305 g/mol. The zero-order valence-electron chi connectivity index (χ0n) is 12.3. The predicted octanol–water partition coefficient (Wildman–Crippen LogP) is 4.08. The molecule has 0 aliphatic rings. The van der Waals surface area contributed by atoms with Gasteiger partial charge < -0.3 is 14.8 Å². The average Bonchev–Trinajstić information content (AvgIpc) is 2.49. The Hall–Kier alpha value is -1.71. The van der Waals surface area contributed by atoms with Crippen molar-refractivity contribution in [3.05, 3.63) is 59.1 Å². The second kappa shape index (κ2) is 7.91. The van der Waals surface area contributed by atoms with Crippen molar-refractivity contribution in [1.29, 1.82) is 0 Å². The van der Waals surface area contributed by atoms with Crippen molar-refractivity contribution >= 4 is 11.6 Å². The van der Waals surface area contributed by atoms with Crippen LogP contribution < -0.4 is 14.8 Å². The molecular formula is C17H20ClNO2. The van der Waals surface area contributed by atoms with Gasteiger partial charge in [0, 0.05) is 5.02 Å². The highest BCUT2D eigenvalue weighted by Gasteiger charge is 2.11. The summed E-state index contributed by atoms with van der Waals surface area (Å²) in [5.41, 5.74) is 1.13. The number of benzene rings is 2. The highest BCUT2D eigenvalue weighted by molar-refractivity contribution is 6.30. The van der Waals surface area contributed by atoms with Gasteiger partial charge in [-0.3, -0.25) is 0 Å². The van der Waals surface area contributed by atoms with Crippen molar-refractivity contribution in [3.63, 3.8) is 0 Å². The Morgan fingerprint density at radius 2 is 1.76 bits per heavy atom. The maximum atomic E-state index is 5.95. The molecule has 0 bridgehead atoms. The zero-order valence-corrected chi connectivity index (χ0v) is 13.1. The maximum Gasteiger partial charge on any atom is 0.120 e. The standard InChI is InChI=1S/C17H20ClNO2/c1-3-20-15-8-4-6-13(10-15)17(19-2)12-21-16-9-5-7-14(18)11-16/h4-11,17,19H,3,12H2,1-2H3. The molecule has 0 radical (unpaired) electrons. The smallest absolute Gasteiger partial charge is 0.120 e. The van der Waals surface area contributed by atoms with Crippen LogP contribution >= 0.6 is 11.6 Å². The quantitative estimate of drug-likeness (QED) is 0.836. The molecule has 0 amide bonds. The van der Waals surface area contributed by atoms with Crippen LogP contribution in [0.25, 0.3) is 0 Å². The Kier molecular flexibility index (Phi) is 5.90. The maximum absolute atomic E-state index is 5.95. The first-order valence-corrected chi connectivity index (χ1v) is 7.39. The SMILES string of the molecule is CCOc1cccc(C(COc2cccc(Cl)c2)NC)c1. The number of ether oxygens (including phenoxy) is 2. The molecule has 3 nitrogen and oxygen atoms in total. The van der Waals surface area contributed by atoms with E-state index in [2.05, 4.69) is 11.4 Å². The van der Waals surface area contributed by atoms with E-state index in [1.54, 1.807) is 0 Å². The van der Waals surface area contributed by atoms with E-state index in [1.807, 2.05) is 56.4 Å². The Labute approximate surface area is 130 Å². The molecule has 0 heterocycles. The molecule has 0 spiro atoms. The van der Waals surface area contributed by atoms with E-state index in [-0.39, 0.29) is 6.04 Å². The van der Waals surface area contributed by atoms with Crippen molar-refractivity contribution in [3.8, 4) is 11.5 Å². The van der Waals surface area contributed by atoms with Gasteiger partial charge >= 0.3 is 0 Å². The number of hydrogen-bond donors (Lipinski definition) is 1. The lowest BCUT2D eigenvalue weighted by Gasteiger charge is -2.18. The van der Waals surface area contributed by atoms with E-state index in [4.69, 9.17) is 21.1 Å². The van der Waals surface area contributed by atoms with Crippen LogP contribution in [0.2, 0.25) is 5.02 Å². The van der Waals surface area contributed by atoms with Gasteiger partial charge in [-0.05, 0) is 49.9 Å². The lowest BCUT2D eigenvalue weighted by molar-refractivity contribution is 0.272. The molecule has 0 saturated heterocycles. The molecule has 1 atom stereocenters. The van der Waals surface area contributed by atoms with Crippen molar-refractivity contribution in [2.24, 2.45) is 0 Å². The summed E-state index contributed by atoms with van der Waals surface area (Å²) in [6.45, 7) is 3.16. The van der Waals surface area contributed by atoms with Gasteiger partial charge in [0.1, 0.15) is 18.1 Å². The van der Waals surface area contributed by atoms with Crippen LogP contribution in [0, 0.1) is 0 Å². The third-order valence-corrected chi connectivity index (χ3v) is 3.37. The molecule has 0 aliphatic heterocycles. The normalized spacial score (nSPS) is 12.0.